The molecule has 29 heavy (non-hydrogen) atoms. The van der Waals surface area contributed by atoms with Crippen LogP contribution in [-0.4, -0.2) is 75.8 Å². The molecule has 0 spiro atoms. The van der Waals surface area contributed by atoms with Crippen LogP contribution >= 0.6 is 0 Å². The van der Waals surface area contributed by atoms with Crippen LogP contribution < -0.4 is 5.32 Å². The van der Waals surface area contributed by atoms with Gasteiger partial charge in [-0.1, -0.05) is 6.42 Å². The van der Waals surface area contributed by atoms with Crippen molar-refractivity contribution in [2.75, 3.05) is 39.8 Å². The number of aryl methyl sites for hydroxylation is 1. The van der Waals surface area contributed by atoms with Crippen LogP contribution in [0.15, 0.2) is 30.9 Å². The van der Waals surface area contributed by atoms with Crippen molar-refractivity contribution in [3.63, 3.8) is 0 Å². The smallest absolute Gasteiger partial charge is 0.251 e. The number of piperidine rings is 2. The van der Waals surface area contributed by atoms with Gasteiger partial charge in [0.15, 0.2) is 0 Å². The van der Waals surface area contributed by atoms with Gasteiger partial charge in [-0.3, -0.25) is 9.69 Å². The number of aromatic nitrogens is 3. The summed E-state index contributed by atoms with van der Waals surface area (Å²) in [5, 5.41) is 7.44. The molecule has 0 bridgehead atoms. The van der Waals surface area contributed by atoms with E-state index in [-0.39, 0.29) is 11.4 Å². The summed E-state index contributed by atoms with van der Waals surface area (Å²) in [5.41, 5.74) is 2.69. The van der Waals surface area contributed by atoms with E-state index in [0.29, 0.717) is 0 Å². The lowest BCUT2D eigenvalue weighted by Crippen LogP contribution is -2.61. The minimum absolute atomic E-state index is 0.0166. The van der Waals surface area contributed by atoms with Gasteiger partial charge in [0.05, 0.1) is 5.69 Å². The maximum absolute atomic E-state index is 13.0. The van der Waals surface area contributed by atoms with Crippen LogP contribution in [0.1, 0.15) is 48.0 Å². The quantitative estimate of drug-likeness (QED) is 0.840. The predicted molar refractivity (Wildman–Crippen MR) is 113 cm³/mol. The Bertz CT molecular complexity index is 820. The van der Waals surface area contributed by atoms with Gasteiger partial charge < -0.3 is 10.2 Å². The van der Waals surface area contributed by atoms with Crippen LogP contribution in [0.5, 0.6) is 0 Å². The van der Waals surface area contributed by atoms with Gasteiger partial charge in [0.25, 0.3) is 5.91 Å². The Morgan fingerprint density at radius 2 is 1.90 bits per heavy atom. The number of amides is 1. The lowest BCUT2D eigenvalue weighted by molar-refractivity contribution is 0.0145. The first-order chi connectivity index (χ1) is 14.1. The van der Waals surface area contributed by atoms with Gasteiger partial charge in [0.1, 0.15) is 12.7 Å². The normalized spacial score (nSPS) is 20.5. The number of likely N-dealkylation sites (tertiary alicyclic amines) is 2. The highest BCUT2D eigenvalue weighted by Gasteiger charge is 2.39. The Hall–Kier alpha value is -2.25. The Morgan fingerprint density at radius 3 is 2.55 bits per heavy atom. The second-order valence-corrected chi connectivity index (χ2v) is 8.60. The lowest BCUT2D eigenvalue weighted by Gasteiger charge is -2.50. The number of hydrogen-bond acceptors (Lipinski definition) is 5. The van der Waals surface area contributed by atoms with E-state index < -0.39 is 0 Å². The molecule has 2 aromatic rings. The number of benzene rings is 1. The molecule has 1 N–H and O–H groups in total. The van der Waals surface area contributed by atoms with Crippen molar-refractivity contribution >= 4 is 5.91 Å². The molecule has 0 unspecified atom stereocenters. The molecule has 4 rings (SSSR count). The molecule has 0 radical (unpaired) electrons. The summed E-state index contributed by atoms with van der Waals surface area (Å²) in [5.74, 6) is 0.0166. The standard InChI is InChI=1S/C22H32N6O/c1-18-14-19(28-17-23-16-25-28)6-7-20(18)21(29)24-15-22(8-12-26(2)13-9-22)27-10-4-3-5-11-27/h6-7,14,16-17H,3-5,8-13,15H2,1-2H3,(H,24,29). The summed E-state index contributed by atoms with van der Waals surface area (Å²) < 4.78 is 1.71. The van der Waals surface area contributed by atoms with Crippen LogP contribution in [0.2, 0.25) is 0 Å². The van der Waals surface area contributed by atoms with Crippen molar-refractivity contribution in [2.24, 2.45) is 0 Å². The summed E-state index contributed by atoms with van der Waals surface area (Å²) >= 11 is 0. The highest BCUT2D eigenvalue weighted by atomic mass is 16.1. The van der Waals surface area contributed by atoms with Gasteiger partial charge in [-0.25, -0.2) is 9.67 Å². The van der Waals surface area contributed by atoms with Crippen molar-refractivity contribution in [1.29, 1.82) is 0 Å². The number of carbonyl (C=O) groups excluding carboxylic acids is 1. The van der Waals surface area contributed by atoms with Crippen molar-refractivity contribution < 1.29 is 4.79 Å². The molecular weight excluding hydrogens is 364 g/mol. The van der Waals surface area contributed by atoms with E-state index in [2.05, 4.69) is 32.2 Å². The fourth-order valence-electron chi connectivity index (χ4n) is 4.73. The molecule has 1 amide bonds. The fraction of sp³-hybridized carbons (Fsp3) is 0.591. The minimum Gasteiger partial charge on any atom is -0.350 e. The Labute approximate surface area is 173 Å². The molecule has 2 saturated heterocycles. The molecule has 2 aliphatic heterocycles. The zero-order valence-corrected chi connectivity index (χ0v) is 17.6. The molecule has 7 nitrogen and oxygen atoms in total. The predicted octanol–water partition coefficient (Wildman–Crippen LogP) is 2.26. The topological polar surface area (TPSA) is 66.3 Å². The molecule has 1 aromatic heterocycles. The van der Waals surface area contributed by atoms with Crippen molar-refractivity contribution in [1.82, 2.24) is 29.9 Å². The van der Waals surface area contributed by atoms with E-state index in [1.807, 2.05) is 25.1 Å². The molecule has 3 heterocycles. The zero-order valence-electron chi connectivity index (χ0n) is 17.6. The maximum Gasteiger partial charge on any atom is 0.251 e. The molecule has 2 fully saturated rings. The van der Waals surface area contributed by atoms with Gasteiger partial charge in [-0.2, -0.15) is 5.10 Å². The Balaban J connectivity index is 1.46. The third-order valence-electron chi connectivity index (χ3n) is 6.66. The number of carbonyl (C=O) groups is 1. The zero-order chi connectivity index (χ0) is 20.3. The SMILES string of the molecule is Cc1cc(-n2cncn2)ccc1C(=O)NCC1(N2CCCCC2)CCN(C)CC1. The molecular formula is C22H32N6O. The van der Waals surface area contributed by atoms with Gasteiger partial charge in [-0.05, 0) is 89.6 Å². The second-order valence-electron chi connectivity index (χ2n) is 8.60. The minimum atomic E-state index is 0.0166. The van der Waals surface area contributed by atoms with Gasteiger partial charge in [-0.15, -0.1) is 0 Å². The van der Waals surface area contributed by atoms with E-state index in [1.54, 1.807) is 11.0 Å². The Kier molecular flexibility index (Phi) is 5.96. The van der Waals surface area contributed by atoms with Crippen LogP contribution in [0.4, 0.5) is 0 Å². The first-order valence-electron chi connectivity index (χ1n) is 10.7. The van der Waals surface area contributed by atoms with Crippen LogP contribution in [0.25, 0.3) is 5.69 Å². The van der Waals surface area contributed by atoms with E-state index in [1.165, 1.54) is 25.6 Å². The molecule has 2 aliphatic rings. The lowest BCUT2D eigenvalue weighted by atomic mass is 9.84. The van der Waals surface area contributed by atoms with Crippen LogP contribution in [0, 0.1) is 6.92 Å². The van der Waals surface area contributed by atoms with Crippen molar-refractivity contribution in [3.05, 3.63) is 42.0 Å². The molecule has 0 saturated carbocycles. The summed E-state index contributed by atoms with van der Waals surface area (Å²) in [4.78, 5) is 22.1. The summed E-state index contributed by atoms with van der Waals surface area (Å²) in [6.07, 6.45) is 9.29. The molecule has 0 atom stereocenters. The number of hydrogen-bond donors (Lipinski definition) is 1. The van der Waals surface area contributed by atoms with Gasteiger partial charge in [0.2, 0.25) is 0 Å². The van der Waals surface area contributed by atoms with Crippen molar-refractivity contribution in [3.8, 4) is 5.69 Å². The summed E-state index contributed by atoms with van der Waals surface area (Å²) in [6, 6.07) is 5.80. The first-order valence-corrected chi connectivity index (χ1v) is 10.7. The third kappa shape index (κ3) is 4.36. The van der Waals surface area contributed by atoms with E-state index >= 15 is 0 Å². The summed E-state index contributed by atoms with van der Waals surface area (Å²) in [6.45, 7) is 7.21. The average molecular weight is 397 g/mol. The maximum atomic E-state index is 13.0. The molecule has 1 aromatic carbocycles. The molecule has 0 aliphatic carbocycles. The molecule has 156 valence electrons. The van der Waals surface area contributed by atoms with Crippen molar-refractivity contribution in [2.45, 2.75) is 44.6 Å². The fourth-order valence-corrected chi connectivity index (χ4v) is 4.73. The largest absolute Gasteiger partial charge is 0.350 e. The van der Waals surface area contributed by atoms with Gasteiger partial charge in [0, 0.05) is 17.6 Å². The average Bonchev–Trinajstić information content (AvgIpc) is 3.29. The number of nitrogens with one attached hydrogen (secondary N) is 1. The third-order valence-corrected chi connectivity index (χ3v) is 6.66. The highest BCUT2D eigenvalue weighted by Crippen LogP contribution is 2.31. The summed E-state index contributed by atoms with van der Waals surface area (Å²) in [7, 11) is 2.19. The second kappa shape index (κ2) is 8.63. The van der Waals surface area contributed by atoms with E-state index in [9.17, 15) is 4.79 Å². The first kappa shape index (κ1) is 20.0. The Morgan fingerprint density at radius 1 is 1.14 bits per heavy atom. The number of rotatable bonds is 5. The van der Waals surface area contributed by atoms with Crippen LogP contribution in [0.3, 0.4) is 0 Å². The highest BCUT2D eigenvalue weighted by molar-refractivity contribution is 5.95. The van der Waals surface area contributed by atoms with E-state index in [4.69, 9.17) is 0 Å². The number of nitrogens with zero attached hydrogens (tertiary/aromatic N) is 5. The monoisotopic (exact) mass is 396 g/mol. The molecule has 7 heteroatoms. The van der Waals surface area contributed by atoms with E-state index in [0.717, 1.165) is 62.4 Å². The van der Waals surface area contributed by atoms with Crippen LogP contribution in [-0.2, 0) is 0 Å². The van der Waals surface area contributed by atoms with Gasteiger partial charge >= 0.3 is 0 Å².